The zero-order valence-electron chi connectivity index (χ0n) is 7.05. The SMILES string of the molecule is CC(=O)c1cc(S(=O)(=O)O)n(C)n1. The van der Waals surface area contributed by atoms with Crippen LogP contribution in [0.15, 0.2) is 11.1 Å². The van der Waals surface area contributed by atoms with E-state index in [0.29, 0.717) is 0 Å². The minimum atomic E-state index is -4.30. The summed E-state index contributed by atoms with van der Waals surface area (Å²) in [5, 5.41) is 3.21. The van der Waals surface area contributed by atoms with Crippen molar-refractivity contribution in [2.24, 2.45) is 7.05 Å². The lowest BCUT2D eigenvalue weighted by Crippen LogP contribution is -2.05. The Kier molecular flexibility index (Phi) is 2.22. The maximum absolute atomic E-state index is 10.8. The number of rotatable bonds is 2. The van der Waals surface area contributed by atoms with Crippen LogP contribution in [0.1, 0.15) is 17.4 Å². The van der Waals surface area contributed by atoms with Crippen LogP contribution in [0.25, 0.3) is 0 Å². The van der Waals surface area contributed by atoms with Crippen molar-refractivity contribution < 1.29 is 17.8 Å². The summed E-state index contributed by atoms with van der Waals surface area (Å²) in [4.78, 5) is 10.8. The Morgan fingerprint density at radius 3 is 2.38 bits per heavy atom. The number of Topliss-reactive ketones (excluding diaryl/α,β-unsaturated/α-hetero) is 1. The van der Waals surface area contributed by atoms with E-state index in [1.54, 1.807) is 0 Å². The molecule has 72 valence electrons. The summed E-state index contributed by atoms with van der Waals surface area (Å²) in [6.07, 6.45) is 0. The number of hydrogen-bond donors (Lipinski definition) is 1. The smallest absolute Gasteiger partial charge is 0.293 e. The van der Waals surface area contributed by atoms with Gasteiger partial charge in [-0.25, -0.2) is 0 Å². The van der Waals surface area contributed by atoms with E-state index in [1.807, 2.05) is 0 Å². The number of carbonyl (C=O) groups excluding carboxylic acids is 1. The summed E-state index contributed by atoms with van der Waals surface area (Å²) in [6.45, 7) is 1.26. The molecule has 0 bridgehead atoms. The predicted octanol–water partition coefficient (Wildman–Crippen LogP) is -0.131. The zero-order valence-corrected chi connectivity index (χ0v) is 7.87. The highest BCUT2D eigenvalue weighted by Gasteiger charge is 2.18. The third-order valence-corrected chi connectivity index (χ3v) is 2.37. The summed E-state index contributed by atoms with van der Waals surface area (Å²) < 4.78 is 30.9. The van der Waals surface area contributed by atoms with Gasteiger partial charge in [-0.1, -0.05) is 0 Å². The number of nitrogens with zero attached hydrogens (tertiary/aromatic N) is 2. The Morgan fingerprint density at radius 1 is 1.62 bits per heavy atom. The summed E-state index contributed by atoms with van der Waals surface area (Å²) in [5.41, 5.74) is 0.00938. The normalized spacial score (nSPS) is 11.6. The predicted molar refractivity (Wildman–Crippen MR) is 43.0 cm³/mol. The van der Waals surface area contributed by atoms with Crippen LogP contribution >= 0.6 is 0 Å². The third-order valence-electron chi connectivity index (χ3n) is 1.46. The molecule has 13 heavy (non-hydrogen) atoms. The van der Waals surface area contributed by atoms with Crippen molar-refractivity contribution in [3.05, 3.63) is 11.8 Å². The number of hydrogen-bond acceptors (Lipinski definition) is 4. The van der Waals surface area contributed by atoms with E-state index in [4.69, 9.17) is 4.55 Å². The molecule has 1 rings (SSSR count). The Bertz CT molecular complexity index is 445. The molecule has 0 aliphatic carbocycles. The molecule has 6 nitrogen and oxygen atoms in total. The molecule has 0 aliphatic heterocycles. The lowest BCUT2D eigenvalue weighted by molar-refractivity contribution is 0.101. The highest BCUT2D eigenvalue weighted by molar-refractivity contribution is 7.85. The second-order valence-electron chi connectivity index (χ2n) is 2.52. The van der Waals surface area contributed by atoms with Gasteiger partial charge in [0.15, 0.2) is 10.8 Å². The average Bonchev–Trinajstić information content (AvgIpc) is 2.29. The zero-order chi connectivity index (χ0) is 10.2. The first-order valence-electron chi connectivity index (χ1n) is 3.35. The monoisotopic (exact) mass is 204 g/mol. The van der Waals surface area contributed by atoms with Crippen LogP contribution in [0.2, 0.25) is 0 Å². The molecule has 0 spiro atoms. The molecule has 1 aromatic heterocycles. The Morgan fingerprint density at radius 2 is 2.15 bits per heavy atom. The molecule has 0 radical (unpaired) electrons. The standard InChI is InChI=1S/C6H8N2O4S/c1-4(9)5-3-6(8(2)7-5)13(10,11)12/h3H,1-2H3,(H,10,11,12). The second kappa shape index (κ2) is 2.93. The van der Waals surface area contributed by atoms with Gasteiger partial charge in [-0.05, 0) is 0 Å². The molecular weight excluding hydrogens is 196 g/mol. The molecule has 0 aromatic carbocycles. The topological polar surface area (TPSA) is 89.3 Å². The lowest BCUT2D eigenvalue weighted by atomic mass is 10.3. The maximum Gasteiger partial charge on any atom is 0.311 e. The number of aromatic nitrogens is 2. The Labute approximate surface area is 74.9 Å². The van der Waals surface area contributed by atoms with Gasteiger partial charge in [-0.2, -0.15) is 13.5 Å². The highest BCUT2D eigenvalue weighted by atomic mass is 32.2. The molecule has 7 heteroatoms. The molecule has 0 saturated carbocycles. The van der Waals surface area contributed by atoms with E-state index in [0.717, 1.165) is 10.7 Å². The van der Waals surface area contributed by atoms with Crippen LogP contribution in [-0.2, 0) is 17.2 Å². The van der Waals surface area contributed by atoms with E-state index in [9.17, 15) is 13.2 Å². The minimum Gasteiger partial charge on any atom is -0.293 e. The molecule has 0 fully saturated rings. The van der Waals surface area contributed by atoms with Crippen LogP contribution in [0.4, 0.5) is 0 Å². The molecule has 1 heterocycles. The molecule has 0 aliphatic rings. The van der Waals surface area contributed by atoms with Crippen molar-refractivity contribution in [3.8, 4) is 0 Å². The van der Waals surface area contributed by atoms with Gasteiger partial charge in [0.25, 0.3) is 0 Å². The first kappa shape index (κ1) is 9.87. The maximum atomic E-state index is 10.8. The van der Waals surface area contributed by atoms with Crippen molar-refractivity contribution in [2.45, 2.75) is 11.9 Å². The van der Waals surface area contributed by atoms with Crippen LogP contribution in [0.3, 0.4) is 0 Å². The fourth-order valence-electron chi connectivity index (χ4n) is 0.864. The van der Waals surface area contributed by atoms with E-state index in [2.05, 4.69) is 5.10 Å². The van der Waals surface area contributed by atoms with Gasteiger partial charge in [0.1, 0.15) is 5.69 Å². The quantitative estimate of drug-likeness (QED) is 0.535. The van der Waals surface area contributed by atoms with Crippen molar-refractivity contribution in [1.29, 1.82) is 0 Å². The van der Waals surface area contributed by atoms with Crippen molar-refractivity contribution in [2.75, 3.05) is 0 Å². The Balaban J connectivity index is 3.35. The van der Waals surface area contributed by atoms with Gasteiger partial charge in [-0.3, -0.25) is 14.0 Å². The highest BCUT2D eigenvalue weighted by Crippen LogP contribution is 2.09. The van der Waals surface area contributed by atoms with Crippen molar-refractivity contribution in [1.82, 2.24) is 9.78 Å². The fraction of sp³-hybridized carbons (Fsp3) is 0.333. The van der Waals surface area contributed by atoms with Crippen LogP contribution < -0.4 is 0 Å². The summed E-state index contributed by atoms with van der Waals surface area (Å²) >= 11 is 0. The third kappa shape index (κ3) is 1.93. The van der Waals surface area contributed by atoms with E-state index in [-0.39, 0.29) is 11.5 Å². The van der Waals surface area contributed by atoms with Gasteiger partial charge in [0.2, 0.25) is 0 Å². The van der Waals surface area contributed by atoms with Crippen LogP contribution in [0, 0.1) is 0 Å². The van der Waals surface area contributed by atoms with E-state index in [1.165, 1.54) is 14.0 Å². The second-order valence-corrected chi connectivity index (χ2v) is 3.89. The van der Waals surface area contributed by atoms with Gasteiger partial charge in [-0.15, -0.1) is 0 Å². The Hall–Kier alpha value is -1.21. The molecule has 0 atom stereocenters. The first-order chi connectivity index (χ1) is 5.82. The molecule has 0 unspecified atom stereocenters. The van der Waals surface area contributed by atoms with E-state index >= 15 is 0 Å². The minimum absolute atomic E-state index is 0.00938. The number of aryl methyl sites for hydroxylation is 1. The molecule has 0 saturated heterocycles. The largest absolute Gasteiger partial charge is 0.311 e. The summed E-state index contributed by atoms with van der Waals surface area (Å²) in [5.74, 6) is -0.356. The van der Waals surface area contributed by atoms with E-state index < -0.39 is 15.1 Å². The molecular formula is C6H8N2O4S. The number of ketones is 1. The fourth-order valence-corrected chi connectivity index (χ4v) is 1.50. The summed E-state index contributed by atoms with van der Waals surface area (Å²) in [6, 6.07) is 1.03. The molecule has 1 aromatic rings. The van der Waals surface area contributed by atoms with Gasteiger partial charge in [0.05, 0.1) is 0 Å². The van der Waals surface area contributed by atoms with Crippen molar-refractivity contribution in [3.63, 3.8) is 0 Å². The average molecular weight is 204 g/mol. The lowest BCUT2D eigenvalue weighted by Gasteiger charge is -1.94. The number of carbonyl (C=O) groups is 1. The van der Waals surface area contributed by atoms with Gasteiger partial charge >= 0.3 is 10.1 Å². The van der Waals surface area contributed by atoms with Crippen LogP contribution in [0.5, 0.6) is 0 Å². The first-order valence-corrected chi connectivity index (χ1v) is 4.79. The van der Waals surface area contributed by atoms with Crippen molar-refractivity contribution >= 4 is 15.9 Å². The van der Waals surface area contributed by atoms with Crippen LogP contribution in [-0.4, -0.2) is 28.5 Å². The summed E-state index contributed by atoms with van der Waals surface area (Å²) in [7, 11) is -2.97. The van der Waals surface area contributed by atoms with Gasteiger partial charge in [0, 0.05) is 20.0 Å². The molecule has 1 N–H and O–H groups in total. The molecule has 0 amide bonds. The van der Waals surface area contributed by atoms with Gasteiger partial charge < -0.3 is 0 Å².